The zero-order valence-corrected chi connectivity index (χ0v) is 14.7. The van der Waals surface area contributed by atoms with Gasteiger partial charge in [-0.3, -0.25) is 5.32 Å². The van der Waals surface area contributed by atoms with E-state index < -0.39 is 6.35 Å². The number of benzene rings is 2. The smallest absolute Gasteiger partial charge is 0.181 e. The van der Waals surface area contributed by atoms with Gasteiger partial charge in [0.2, 0.25) is 0 Å². The first-order valence-electron chi connectivity index (χ1n) is 8.61. The highest BCUT2D eigenvalue weighted by Gasteiger charge is 2.09. The molecular formula is C20H25N3O2. The van der Waals surface area contributed by atoms with Gasteiger partial charge in [0.05, 0.1) is 12.8 Å². The van der Waals surface area contributed by atoms with Gasteiger partial charge in [-0.05, 0) is 48.2 Å². The molecule has 0 bridgehead atoms. The second kappa shape index (κ2) is 8.05. The summed E-state index contributed by atoms with van der Waals surface area (Å²) in [6.45, 7) is 2.76. The van der Waals surface area contributed by atoms with Gasteiger partial charge < -0.3 is 20.1 Å². The fraction of sp³-hybridized carbons (Fsp3) is 0.300. The summed E-state index contributed by atoms with van der Waals surface area (Å²) in [4.78, 5) is 3.22. The Bertz CT molecular complexity index is 829. The molecule has 0 saturated carbocycles. The van der Waals surface area contributed by atoms with Crippen molar-refractivity contribution < 1.29 is 9.84 Å². The van der Waals surface area contributed by atoms with Crippen molar-refractivity contribution in [3.05, 3.63) is 59.8 Å². The average Bonchev–Trinajstić information content (AvgIpc) is 3.11. The van der Waals surface area contributed by atoms with Crippen LogP contribution >= 0.6 is 0 Å². The van der Waals surface area contributed by atoms with Crippen molar-refractivity contribution >= 4 is 16.6 Å². The number of hydrogen-bond acceptors (Lipinski definition) is 4. The summed E-state index contributed by atoms with van der Waals surface area (Å²) >= 11 is 0. The molecule has 1 unspecified atom stereocenters. The number of ether oxygens (including phenoxy) is 1. The Morgan fingerprint density at radius 3 is 2.88 bits per heavy atom. The Morgan fingerprint density at radius 1 is 1.20 bits per heavy atom. The molecule has 2 aromatic carbocycles. The van der Waals surface area contributed by atoms with Gasteiger partial charge >= 0.3 is 0 Å². The lowest BCUT2D eigenvalue weighted by atomic mass is 10.1. The molecule has 1 atom stereocenters. The maximum absolute atomic E-state index is 10.3. The molecule has 1 heterocycles. The Balaban J connectivity index is 1.58. The maximum Gasteiger partial charge on any atom is 0.181 e. The molecule has 132 valence electrons. The van der Waals surface area contributed by atoms with Crippen LogP contribution in [0.25, 0.3) is 10.9 Å². The Kier molecular flexibility index (Phi) is 5.58. The van der Waals surface area contributed by atoms with E-state index in [1.54, 1.807) is 7.11 Å². The lowest BCUT2D eigenvalue weighted by Gasteiger charge is -2.18. The summed E-state index contributed by atoms with van der Waals surface area (Å²) < 4.78 is 5.35. The number of anilines is 1. The highest BCUT2D eigenvalue weighted by Crippen LogP contribution is 2.26. The third-order valence-corrected chi connectivity index (χ3v) is 4.38. The minimum absolute atomic E-state index is 0.661. The van der Waals surface area contributed by atoms with Gasteiger partial charge in [-0.15, -0.1) is 0 Å². The summed E-state index contributed by atoms with van der Waals surface area (Å²) in [5, 5.41) is 17.7. The summed E-state index contributed by atoms with van der Waals surface area (Å²) in [6, 6.07) is 14.3. The van der Waals surface area contributed by atoms with E-state index in [0.29, 0.717) is 6.54 Å². The summed E-state index contributed by atoms with van der Waals surface area (Å²) in [5.74, 6) is 0.718. The molecule has 0 saturated heterocycles. The fourth-order valence-electron chi connectivity index (χ4n) is 3.00. The topological polar surface area (TPSA) is 69.3 Å². The van der Waals surface area contributed by atoms with Crippen molar-refractivity contribution in [2.75, 3.05) is 19.0 Å². The Hall–Kier alpha value is -2.50. The monoisotopic (exact) mass is 339 g/mol. The summed E-state index contributed by atoms with van der Waals surface area (Å²) in [7, 11) is 1.63. The van der Waals surface area contributed by atoms with E-state index in [9.17, 15) is 5.11 Å². The number of nitrogens with one attached hydrogen (secondary N) is 3. The highest BCUT2D eigenvalue weighted by molar-refractivity contribution is 5.82. The predicted molar refractivity (Wildman–Crippen MR) is 102 cm³/mol. The number of fused-ring (bicyclic) bond motifs is 1. The van der Waals surface area contributed by atoms with Gasteiger partial charge in [0.25, 0.3) is 0 Å². The second-order valence-electron chi connectivity index (χ2n) is 6.00. The quantitative estimate of drug-likeness (QED) is 0.476. The molecule has 5 heteroatoms. The van der Waals surface area contributed by atoms with E-state index in [0.717, 1.165) is 29.8 Å². The van der Waals surface area contributed by atoms with Gasteiger partial charge in [0.15, 0.2) is 6.35 Å². The Morgan fingerprint density at radius 2 is 2.08 bits per heavy atom. The van der Waals surface area contributed by atoms with Crippen molar-refractivity contribution in [1.29, 1.82) is 0 Å². The molecule has 4 N–H and O–H groups in total. The van der Waals surface area contributed by atoms with Gasteiger partial charge in [-0.2, -0.15) is 0 Å². The van der Waals surface area contributed by atoms with E-state index in [1.165, 1.54) is 16.5 Å². The normalized spacial score (nSPS) is 12.3. The first-order valence-corrected chi connectivity index (χ1v) is 8.61. The van der Waals surface area contributed by atoms with Crippen molar-refractivity contribution in [1.82, 2.24) is 10.3 Å². The van der Waals surface area contributed by atoms with Crippen LogP contribution in [0.5, 0.6) is 5.75 Å². The number of aliphatic hydroxyl groups excluding tert-OH is 1. The number of H-pyrrole nitrogens is 1. The fourth-order valence-corrected chi connectivity index (χ4v) is 3.00. The minimum atomic E-state index is -0.841. The van der Waals surface area contributed by atoms with E-state index >= 15 is 0 Å². The SMILES string of the molecule is CCc1ccc(OC)c(NC(O)NCCc2cccc3[nH]ccc23)c1. The third kappa shape index (κ3) is 4.13. The van der Waals surface area contributed by atoms with Crippen LogP contribution in [-0.4, -0.2) is 30.1 Å². The van der Waals surface area contributed by atoms with Gasteiger partial charge in [-0.1, -0.05) is 25.1 Å². The molecule has 5 nitrogen and oxygen atoms in total. The van der Waals surface area contributed by atoms with Crippen LogP contribution < -0.4 is 15.4 Å². The maximum atomic E-state index is 10.3. The molecular weight excluding hydrogens is 314 g/mol. The van der Waals surface area contributed by atoms with E-state index in [4.69, 9.17) is 4.74 Å². The number of rotatable bonds is 8. The zero-order chi connectivity index (χ0) is 17.6. The van der Waals surface area contributed by atoms with Crippen LogP contribution in [-0.2, 0) is 12.8 Å². The molecule has 3 aromatic rings. The number of aromatic amines is 1. The van der Waals surface area contributed by atoms with Crippen LogP contribution in [0.1, 0.15) is 18.1 Å². The first-order chi connectivity index (χ1) is 12.2. The largest absolute Gasteiger partial charge is 0.495 e. The molecule has 3 rings (SSSR count). The molecule has 0 fully saturated rings. The lowest BCUT2D eigenvalue weighted by molar-refractivity contribution is 0.166. The number of aryl methyl sites for hydroxylation is 1. The number of aliphatic hydroxyl groups is 1. The van der Waals surface area contributed by atoms with Crippen LogP contribution in [0, 0.1) is 0 Å². The van der Waals surface area contributed by atoms with Crippen LogP contribution in [0.2, 0.25) is 0 Å². The molecule has 25 heavy (non-hydrogen) atoms. The molecule has 0 amide bonds. The van der Waals surface area contributed by atoms with Crippen molar-refractivity contribution in [3.63, 3.8) is 0 Å². The average molecular weight is 339 g/mol. The lowest BCUT2D eigenvalue weighted by Crippen LogP contribution is -2.37. The van der Waals surface area contributed by atoms with Crippen LogP contribution in [0.3, 0.4) is 0 Å². The van der Waals surface area contributed by atoms with Gasteiger partial charge in [0.1, 0.15) is 5.75 Å². The molecule has 0 radical (unpaired) electrons. The summed E-state index contributed by atoms with van der Waals surface area (Å²) in [6.07, 6.45) is 2.87. The molecule has 0 aliphatic heterocycles. The van der Waals surface area contributed by atoms with Crippen molar-refractivity contribution in [2.24, 2.45) is 0 Å². The standard InChI is InChI=1S/C20H25N3O2/c1-3-14-7-8-19(25-2)18(13-14)23-20(24)22-11-9-15-5-4-6-17-16(15)10-12-21-17/h4-8,10,12-13,20-24H,3,9,11H2,1-2H3. The van der Waals surface area contributed by atoms with Gasteiger partial charge in [-0.25, -0.2) is 0 Å². The number of aromatic nitrogens is 1. The molecule has 1 aromatic heterocycles. The van der Waals surface area contributed by atoms with Crippen molar-refractivity contribution in [3.8, 4) is 5.75 Å². The Labute approximate surface area is 148 Å². The zero-order valence-electron chi connectivity index (χ0n) is 14.7. The molecule has 0 aliphatic rings. The van der Waals surface area contributed by atoms with E-state index in [-0.39, 0.29) is 0 Å². The van der Waals surface area contributed by atoms with E-state index in [1.807, 2.05) is 30.5 Å². The summed E-state index contributed by atoms with van der Waals surface area (Å²) in [5.41, 5.74) is 4.37. The molecule has 0 spiro atoms. The highest BCUT2D eigenvalue weighted by atomic mass is 16.5. The minimum Gasteiger partial charge on any atom is -0.495 e. The van der Waals surface area contributed by atoms with Crippen LogP contribution in [0.15, 0.2) is 48.7 Å². The second-order valence-corrected chi connectivity index (χ2v) is 6.00. The predicted octanol–water partition coefficient (Wildman–Crippen LogP) is 3.26. The molecule has 0 aliphatic carbocycles. The third-order valence-electron chi connectivity index (χ3n) is 4.38. The first kappa shape index (κ1) is 17.3. The van der Waals surface area contributed by atoms with Gasteiger partial charge in [0, 0.05) is 23.6 Å². The van der Waals surface area contributed by atoms with Crippen LogP contribution in [0.4, 0.5) is 5.69 Å². The number of hydrogen-bond donors (Lipinski definition) is 4. The van der Waals surface area contributed by atoms with Crippen molar-refractivity contribution in [2.45, 2.75) is 26.1 Å². The van der Waals surface area contributed by atoms with E-state index in [2.05, 4.69) is 40.7 Å². The number of methoxy groups -OCH3 is 1.